The van der Waals surface area contributed by atoms with Gasteiger partial charge in [-0.25, -0.2) is 9.79 Å². The zero-order chi connectivity index (χ0) is 25.9. The largest absolute Gasteiger partial charge is 0.497 e. The number of thioether (sulfide) groups is 1. The topological polar surface area (TPSA) is 74.7 Å². The number of esters is 1. The van der Waals surface area contributed by atoms with E-state index in [0.717, 1.165) is 42.4 Å². The Morgan fingerprint density at radius 3 is 2.54 bits per heavy atom. The van der Waals surface area contributed by atoms with E-state index in [4.69, 9.17) is 14.5 Å². The van der Waals surface area contributed by atoms with Crippen LogP contribution in [-0.4, -0.2) is 78.2 Å². The summed E-state index contributed by atoms with van der Waals surface area (Å²) in [5.74, 6) is 0.407. The van der Waals surface area contributed by atoms with Crippen molar-refractivity contribution in [2.45, 2.75) is 57.5 Å². The normalized spacial score (nSPS) is 22.9. The first-order chi connectivity index (χ1) is 18.0. The Labute approximate surface area is 223 Å². The fourth-order valence-electron chi connectivity index (χ4n) is 5.90. The summed E-state index contributed by atoms with van der Waals surface area (Å²) in [5, 5.41) is 2.77. The number of fused-ring (bicyclic) bond motifs is 1. The minimum Gasteiger partial charge on any atom is -0.497 e. The van der Waals surface area contributed by atoms with Gasteiger partial charge in [0.2, 0.25) is 5.91 Å². The third kappa shape index (κ3) is 5.29. The van der Waals surface area contributed by atoms with Gasteiger partial charge in [0.15, 0.2) is 5.17 Å². The molecule has 0 saturated carbocycles. The van der Waals surface area contributed by atoms with Crippen molar-refractivity contribution in [2.75, 3.05) is 40.4 Å². The van der Waals surface area contributed by atoms with E-state index in [-0.39, 0.29) is 12.3 Å². The number of hydrogen-bond donors (Lipinski definition) is 0. The van der Waals surface area contributed by atoms with Gasteiger partial charge in [-0.3, -0.25) is 4.79 Å². The number of methoxy groups -OCH3 is 2. The molecule has 4 aliphatic rings. The number of carbonyl (C=O) groups excluding carboxylic acids is 2. The molecule has 1 aromatic carbocycles. The summed E-state index contributed by atoms with van der Waals surface area (Å²) in [6.45, 7) is 5.82. The number of nitrogens with zero attached hydrogens (tertiary/aromatic N) is 4. The number of hydrogen-bond acceptors (Lipinski definition) is 8. The van der Waals surface area contributed by atoms with Crippen LogP contribution in [0.2, 0.25) is 0 Å². The molecule has 9 heteroatoms. The van der Waals surface area contributed by atoms with E-state index in [1.165, 1.54) is 51.2 Å². The Balaban J connectivity index is 1.34. The molecule has 0 aliphatic carbocycles. The smallest absolute Gasteiger partial charge is 0.338 e. The average Bonchev–Trinajstić information content (AvgIpc) is 3.34. The molecule has 2 fully saturated rings. The highest BCUT2D eigenvalue weighted by Crippen LogP contribution is 2.45. The van der Waals surface area contributed by atoms with E-state index in [2.05, 4.69) is 4.90 Å². The minimum absolute atomic E-state index is 0.125. The van der Waals surface area contributed by atoms with Crippen LogP contribution in [0.15, 0.2) is 51.6 Å². The maximum absolute atomic E-state index is 13.5. The molecule has 4 aliphatic heterocycles. The third-order valence-electron chi connectivity index (χ3n) is 7.87. The number of carbonyl (C=O) groups is 2. The first-order valence-electron chi connectivity index (χ1n) is 13.2. The summed E-state index contributed by atoms with van der Waals surface area (Å²) in [5.41, 5.74) is 2.84. The highest BCUT2D eigenvalue weighted by molar-refractivity contribution is 8.16. The zero-order valence-corrected chi connectivity index (χ0v) is 22.8. The van der Waals surface area contributed by atoms with Crippen molar-refractivity contribution in [3.05, 3.63) is 52.2 Å². The van der Waals surface area contributed by atoms with Crippen molar-refractivity contribution >= 4 is 28.8 Å². The zero-order valence-electron chi connectivity index (χ0n) is 21.9. The van der Waals surface area contributed by atoms with E-state index < -0.39 is 12.0 Å². The van der Waals surface area contributed by atoms with Crippen molar-refractivity contribution < 1.29 is 19.1 Å². The summed E-state index contributed by atoms with van der Waals surface area (Å²) < 4.78 is 10.6. The predicted octanol–water partition coefficient (Wildman–Crippen LogP) is 4.31. The first kappa shape index (κ1) is 25.9. The number of amides is 1. The molecule has 0 spiro atoms. The molecular formula is C28H36N4O4S. The van der Waals surface area contributed by atoms with Gasteiger partial charge in [0.05, 0.1) is 38.0 Å². The average molecular weight is 525 g/mol. The number of ether oxygens (including phenoxy) is 2. The van der Waals surface area contributed by atoms with Crippen LogP contribution in [0.3, 0.4) is 0 Å². The molecule has 0 radical (unpaired) electrons. The molecule has 1 aromatic rings. The van der Waals surface area contributed by atoms with Gasteiger partial charge >= 0.3 is 5.97 Å². The van der Waals surface area contributed by atoms with Crippen LogP contribution in [0.1, 0.15) is 57.1 Å². The number of aliphatic imine (C=N–C) groups is 1. The minimum atomic E-state index is -0.450. The van der Waals surface area contributed by atoms with E-state index in [0.29, 0.717) is 23.1 Å². The van der Waals surface area contributed by atoms with Gasteiger partial charge in [-0.1, -0.05) is 30.3 Å². The van der Waals surface area contributed by atoms with Gasteiger partial charge in [-0.15, -0.1) is 0 Å². The lowest BCUT2D eigenvalue weighted by Gasteiger charge is -2.40. The fraction of sp³-hybridized carbons (Fsp3) is 0.536. The van der Waals surface area contributed by atoms with Crippen molar-refractivity contribution in [3.8, 4) is 5.75 Å². The third-order valence-corrected chi connectivity index (χ3v) is 8.76. The monoisotopic (exact) mass is 524 g/mol. The van der Waals surface area contributed by atoms with Crippen molar-refractivity contribution in [3.63, 3.8) is 0 Å². The fourth-order valence-corrected chi connectivity index (χ4v) is 6.86. The van der Waals surface area contributed by atoms with Gasteiger partial charge in [0.25, 0.3) is 0 Å². The van der Waals surface area contributed by atoms with Gasteiger partial charge < -0.3 is 24.2 Å². The van der Waals surface area contributed by atoms with Crippen molar-refractivity contribution in [2.24, 2.45) is 4.99 Å². The molecule has 1 atom stereocenters. The number of allylic oxidation sites excluding steroid dienone is 1. The van der Waals surface area contributed by atoms with Crippen molar-refractivity contribution in [1.82, 2.24) is 14.7 Å². The molecule has 0 N–H and O–H groups in total. The predicted molar refractivity (Wildman–Crippen MR) is 145 cm³/mol. The second-order valence-electron chi connectivity index (χ2n) is 10.0. The quantitative estimate of drug-likeness (QED) is 0.514. The van der Waals surface area contributed by atoms with Gasteiger partial charge in [-0.2, -0.15) is 0 Å². The van der Waals surface area contributed by atoms with Crippen LogP contribution >= 0.6 is 11.8 Å². The molecule has 198 valence electrons. The molecule has 37 heavy (non-hydrogen) atoms. The lowest BCUT2D eigenvalue weighted by molar-refractivity contribution is -0.136. The Hall–Kier alpha value is -2.78. The Kier molecular flexibility index (Phi) is 7.90. The van der Waals surface area contributed by atoms with E-state index >= 15 is 0 Å². The highest BCUT2D eigenvalue weighted by atomic mass is 32.2. The number of rotatable bonds is 6. The van der Waals surface area contributed by atoms with Gasteiger partial charge in [-0.05, 0) is 68.8 Å². The molecule has 0 aromatic heterocycles. The molecule has 4 heterocycles. The van der Waals surface area contributed by atoms with Crippen LogP contribution in [0.4, 0.5) is 0 Å². The molecule has 5 rings (SSSR count). The number of likely N-dealkylation sites (tertiary alicyclic amines) is 2. The number of amidine groups is 1. The lowest BCUT2D eigenvalue weighted by atomic mass is 9.93. The van der Waals surface area contributed by atoms with Crippen LogP contribution < -0.4 is 4.74 Å². The van der Waals surface area contributed by atoms with E-state index in [1.54, 1.807) is 7.11 Å². The van der Waals surface area contributed by atoms with Crippen molar-refractivity contribution in [1.29, 1.82) is 0 Å². The summed E-state index contributed by atoms with van der Waals surface area (Å²) in [7, 11) is 3.01. The highest BCUT2D eigenvalue weighted by Gasteiger charge is 2.41. The summed E-state index contributed by atoms with van der Waals surface area (Å²) >= 11 is 1.49. The number of benzene rings is 1. The summed E-state index contributed by atoms with van der Waals surface area (Å²) in [6, 6.07) is 7.84. The van der Waals surface area contributed by atoms with Crippen LogP contribution in [0.25, 0.3) is 0 Å². The maximum atomic E-state index is 13.5. The Bertz CT molecular complexity index is 1130. The van der Waals surface area contributed by atoms with E-state index in [1.807, 2.05) is 46.4 Å². The molecule has 2 saturated heterocycles. The first-order valence-corrected chi connectivity index (χ1v) is 14.1. The number of piperidine rings is 2. The van der Waals surface area contributed by atoms with Gasteiger partial charge in [0.1, 0.15) is 5.75 Å². The molecule has 1 unspecified atom stereocenters. The molecule has 1 amide bonds. The van der Waals surface area contributed by atoms with Crippen LogP contribution in [0, 0.1) is 0 Å². The Morgan fingerprint density at radius 2 is 1.84 bits per heavy atom. The summed E-state index contributed by atoms with van der Waals surface area (Å²) in [6.07, 6.45) is 6.27. The Morgan fingerprint density at radius 1 is 1.08 bits per heavy atom. The lowest BCUT2D eigenvalue weighted by Crippen LogP contribution is -2.48. The second-order valence-corrected chi connectivity index (χ2v) is 10.9. The molecular weight excluding hydrogens is 488 g/mol. The standard InChI is InChI=1S/C28H36N4O4S/c1-19-25(27(34)36-3)26(20-8-7-9-23(16-20)35-2)32-22(18-37-28(32)29-19)17-24(33)31-14-10-21(11-15-31)30-12-5-4-6-13-30/h7-9,16,18,21,26H,4-6,10-15,17H2,1-3H3. The van der Waals surface area contributed by atoms with Crippen LogP contribution in [-0.2, 0) is 14.3 Å². The van der Waals surface area contributed by atoms with E-state index in [9.17, 15) is 9.59 Å². The van der Waals surface area contributed by atoms with Crippen LogP contribution in [0.5, 0.6) is 5.75 Å². The molecule has 8 nitrogen and oxygen atoms in total. The maximum Gasteiger partial charge on any atom is 0.338 e. The molecule has 0 bridgehead atoms. The second kappa shape index (κ2) is 11.3. The van der Waals surface area contributed by atoms with Gasteiger partial charge in [0, 0.05) is 24.8 Å². The summed E-state index contributed by atoms with van der Waals surface area (Å²) in [4.78, 5) is 37.8. The SMILES string of the molecule is COC(=O)C1=C(C)N=C2SC=C(CC(=O)N3CCC(N4CCCCC4)CC3)N2C1c1cccc(OC)c1.